The van der Waals surface area contributed by atoms with Crippen LogP contribution in [0.25, 0.3) is 10.2 Å². The molecule has 0 fully saturated rings. The van der Waals surface area contributed by atoms with Crippen LogP contribution < -0.4 is 0 Å². The predicted octanol–water partition coefficient (Wildman–Crippen LogP) is 3.49. The van der Waals surface area contributed by atoms with E-state index in [2.05, 4.69) is 15.2 Å². The lowest BCUT2D eigenvalue weighted by Crippen LogP contribution is -1.88. The molecule has 1 aromatic carbocycles. The molecule has 0 aliphatic heterocycles. The molecule has 0 unspecified atom stereocenters. The molecule has 8 heteroatoms. The minimum atomic E-state index is 0.0933. The van der Waals surface area contributed by atoms with Crippen LogP contribution in [-0.2, 0) is 6.42 Å². The Balaban J connectivity index is 1.86. The van der Waals surface area contributed by atoms with Gasteiger partial charge >= 0.3 is 0 Å². The van der Waals surface area contributed by atoms with E-state index in [1.54, 1.807) is 11.3 Å². The zero-order valence-electron chi connectivity index (χ0n) is 9.54. The third-order valence-corrected chi connectivity index (χ3v) is 5.72. The number of hydrogen-bond acceptors (Lipinski definition) is 7. The molecule has 4 nitrogen and oxygen atoms in total. The first-order chi connectivity index (χ1) is 9.26. The summed E-state index contributed by atoms with van der Waals surface area (Å²) in [5.41, 5.74) is 0.830. The zero-order valence-corrected chi connectivity index (χ0v) is 12.7. The molecule has 0 aliphatic rings. The van der Waals surface area contributed by atoms with Crippen molar-refractivity contribution in [1.82, 2.24) is 15.2 Å². The van der Waals surface area contributed by atoms with E-state index in [1.807, 2.05) is 18.2 Å². The van der Waals surface area contributed by atoms with Crippen molar-refractivity contribution < 1.29 is 5.11 Å². The third kappa shape index (κ3) is 2.90. The van der Waals surface area contributed by atoms with Crippen molar-refractivity contribution in [2.24, 2.45) is 0 Å². The average molecular weight is 330 g/mol. The molecule has 3 aromatic rings. The second kappa shape index (κ2) is 5.72. The lowest BCUT2D eigenvalue weighted by molar-refractivity contribution is 0.299. The maximum Gasteiger partial charge on any atom is 0.181 e. The van der Waals surface area contributed by atoms with E-state index < -0.39 is 0 Å². The van der Waals surface area contributed by atoms with Crippen LogP contribution >= 0.6 is 46.0 Å². The first kappa shape index (κ1) is 13.3. The molecule has 98 valence electrons. The molecule has 0 bridgehead atoms. The number of hydrogen-bond donors (Lipinski definition) is 1. The molecule has 19 heavy (non-hydrogen) atoms. The molecule has 3 rings (SSSR count). The second-order valence-electron chi connectivity index (χ2n) is 3.60. The smallest absolute Gasteiger partial charge is 0.181 e. The number of benzene rings is 1. The Morgan fingerprint density at radius 3 is 2.89 bits per heavy atom. The van der Waals surface area contributed by atoms with Gasteiger partial charge in [0.2, 0.25) is 0 Å². The fourth-order valence-electron chi connectivity index (χ4n) is 1.49. The summed E-state index contributed by atoms with van der Waals surface area (Å²) < 4.78 is 2.79. The highest BCUT2D eigenvalue weighted by Gasteiger charge is 2.11. The van der Waals surface area contributed by atoms with E-state index in [9.17, 15) is 0 Å². The topological polar surface area (TPSA) is 58.9 Å². The molecular weight excluding hydrogens is 322 g/mol. The van der Waals surface area contributed by atoms with Crippen molar-refractivity contribution in [2.45, 2.75) is 15.1 Å². The molecule has 0 spiro atoms. The Bertz CT molecular complexity index is 712. The van der Waals surface area contributed by atoms with Crippen molar-refractivity contribution >= 4 is 56.3 Å². The molecule has 0 atom stereocenters. The molecule has 0 aliphatic carbocycles. The summed E-state index contributed by atoms with van der Waals surface area (Å²) in [6.45, 7) is 0.0933. The Hall–Kier alpha value is -0.730. The number of aliphatic hydroxyl groups excluding tert-OH is 1. The molecule has 0 saturated carbocycles. The van der Waals surface area contributed by atoms with Crippen LogP contribution in [0, 0.1) is 0 Å². The van der Waals surface area contributed by atoms with Gasteiger partial charge in [-0.05, 0) is 23.9 Å². The van der Waals surface area contributed by atoms with E-state index in [0.717, 1.165) is 23.9 Å². The Kier molecular flexibility index (Phi) is 3.99. The van der Waals surface area contributed by atoms with E-state index in [1.165, 1.54) is 23.1 Å². The summed E-state index contributed by atoms with van der Waals surface area (Å²) in [5, 5.41) is 18.4. The number of fused-ring (bicyclic) bond motifs is 1. The van der Waals surface area contributed by atoms with Crippen molar-refractivity contribution in [3.05, 3.63) is 28.2 Å². The molecule has 2 heterocycles. The lowest BCUT2D eigenvalue weighted by atomic mass is 10.3. The first-order valence-electron chi connectivity index (χ1n) is 5.42. The largest absolute Gasteiger partial charge is 0.396 e. The van der Waals surface area contributed by atoms with Gasteiger partial charge in [-0.3, -0.25) is 0 Å². The van der Waals surface area contributed by atoms with E-state index in [4.69, 9.17) is 16.7 Å². The van der Waals surface area contributed by atoms with Gasteiger partial charge in [0.15, 0.2) is 8.68 Å². The SMILES string of the molecule is OCCc1nnc(Sc2nc3c(Cl)cccc3s2)s1. The number of halogens is 1. The molecule has 0 saturated heterocycles. The standard InChI is InChI=1S/C11H8ClN3OS3/c12-6-2-1-3-7-9(6)13-10(17-7)19-11-15-14-8(18-11)4-5-16/h1-3,16H,4-5H2. The number of aromatic nitrogens is 3. The number of rotatable bonds is 4. The predicted molar refractivity (Wildman–Crippen MR) is 79.5 cm³/mol. The normalized spacial score (nSPS) is 11.3. The van der Waals surface area contributed by atoms with Crippen LogP contribution in [0.3, 0.4) is 0 Å². The lowest BCUT2D eigenvalue weighted by Gasteiger charge is -1.88. The molecule has 2 aromatic heterocycles. The number of aliphatic hydroxyl groups is 1. The summed E-state index contributed by atoms with van der Waals surface area (Å²) >= 11 is 10.6. The van der Waals surface area contributed by atoms with Crippen molar-refractivity contribution in [3.63, 3.8) is 0 Å². The Labute approximate surface area is 126 Å². The van der Waals surface area contributed by atoms with Crippen molar-refractivity contribution in [1.29, 1.82) is 0 Å². The van der Waals surface area contributed by atoms with Crippen LogP contribution in [0.2, 0.25) is 5.02 Å². The second-order valence-corrected chi connectivity index (χ2v) is 7.60. The maximum absolute atomic E-state index is 8.85. The van der Waals surface area contributed by atoms with Gasteiger partial charge in [0.05, 0.1) is 9.72 Å². The van der Waals surface area contributed by atoms with Crippen molar-refractivity contribution in [2.75, 3.05) is 6.61 Å². The fourth-order valence-corrected chi connectivity index (χ4v) is 4.94. The zero-order chi connectivity index (χ0) is 13.2. The van der Waals surface area contributed by atoms with Gasteiger partial charge in [0.25, 0.3) is 0 Å². The summed E-state index contributed by atoms with van der Waals surface area (Å²) in [4.78, 5) is 4.50. The Morgan fingerprint density at radius 2 is 2.11 bits per heavy atom. The van der Waals surface area contributed by atoms with E-state index >= 15 is 0 Å². The minimum absolute atomic E-state index is 0.0933. The number of nitrogens with zero attached hydrogens (tertiary/aromatic N) is 3. The summed E-state index contributed by atoms with van der Waals surface area (Å²) in [7, 11) is 0. The van der Waals surface area contributed by atoms with Crippen LogP contribution in [0.15, 0.2) is 26.9 Å². The fraction of sp³-hybridized carbons (Fsp3) is 0.182. The minimum Gasteiger partial charge on any atom is -0.396 e. The van der Waals surface area contributed by atoms with Crippen LogP contribution in [-0.4, -0.2) is 26.9 Å². The summed E-state index contributed by atoms with van der Waals surface area (Å²) in [5.74, 6) is 0. The summed E-state index contributed by atoms with van der Waals surface area (Å²) in [6.07, 6.45) is 0.546. The van der Waals surface area contributed by atoms with Crippen molar-refractivity contribution in [3.8, 4) is 0 Å². The summed E-state index contributed by atoms with van der Waals surface area (Å²) in [6, 6.07) is 5.75. The first-order valence-corrected chi connectivity index (χ1v) is 8.25. The maximum atomic E-state index is 8.85. The molecule has 0 radical (unpaired) electrons. The third-order valence-electron chi connectivity index (χ3n) is 2.30. The van der Waals surface area contributed by atoms with Gasteiger partial charge in [-0.1, -0.05) is 29.0 Å². The highest BCUT2D eigenvalue weighted by Crippen LogP contribution is 2.37. The van der Waals surface area contributed by atoms with E-state index in [0.29, 0.717) is 11.4 Å². The van der Waals surface area contributed by atoms with Gasteiger partial charge in [0, 0.05) is 13.0 Å². The van der Waals surface area contributed by atoms with Crippen LogP contribution in [0.1, 0.15) is 5.01 Å². The van der Waals surface area contributed by atoms with Gasteiger partial charge in [-0.15, -0.1) is 21.5 Å². The van der Waals surface area contributed by atoms with Gasteiger partial charge in [-0.2, -0.15) is 0 Å². The number of para-hydroxylation sites is 1. The van der Waals surface area contributed by atoms with Crippen LogP contribution in [0.5, 0.6) is 0 Å². The quantitative estimate of drug-likeness (QED) is 0.794. The van der Waals surface area contributed by atoms with Gasteiger partial charge in [-0.25, -0.2) is 4.98 Å². The molecule has 1 N–H and O–H groups in total. The average Bonchev–Trinajstić information content (AvgIpc) is 2.98. The van der Waals surface area contributed by atoms with Gasteiger partial charge < -0.3 is 5.11 Å². The highest BCUT2D eigenvalue weighted by atomic mass is 35.5. The monoisotopic (exact) mass is 329 g/mol. The molecular formula is C11H8ClN3OS3. The highest BCUT2D eigenvalue weighted by molar-refractivity contribution is 8.02. The van der Waals surface area contributed by atoms with Gasteiger partial charge in [0.1, 0.15) is 10.5 Å². The molecule has 0 amide bonds. The van der Waals surface area contributed by atoms with E-state index in [-0.39, 0.29) is 6.61 Å². The Morgan fingerprint density at radius 1 is 1.21 bits per heavy atom. The number of thiazole rings is 1. The van der Waals surface area contributed by atoms with Crippen LogP contribution in [0.4, 0.5) is 0 Å².